The molecule has 0 fully saturated rings. The van der Waals surface area contributed by atoms with Crippen LogP contribution in [0.3, 0.4) is 0 Å². The van der Waals surface area contributed by atoms with Gasteiger partial charge in [0.2, 0.25) is 5.91 Å². The molecule has 0 aliphatic heterocycles. The van der Waals surface area contributed by atoms with Crippen LogP contribution in [0.15, 0.2) is 47.6 Å². The molecule has 6 nitrogen and oxygen atoms in total. The first-order valence-corrected chi connectivity index (χ1v) is 9.49. The summed E-state index contributed by atoms with van der Waals surface area (Å²) in [6.45, 7) is 0. The SMILES string of the molecule is Cn1c(SCC(=O)Nc2cc(Cl)ccc2C#N)nnc1-c1ccc(Cl)cc1. The van der Waals surface area contributed by atoms with E-state index in [2.05, 4.69) is 15.5 Å². The van der Waals surface area contributed by atoms with Crippen LogP contribution in [-0.2, 0) is 11.8 Å². The van der Waals surface area contributed by atoms with Crippen molar-refractivity contribution in [2.45, 2.75) is 5.16 Å². The van der Waals surface area contributed by atoms with E-state index in [4.69, 9.17) is 28.5 Å². The highest BCUT2D eigenvalue weighted by Crippen LogP contribution is 2.25. The summed E-state index contributed by atoms with van der Waals surface area (Å²) >= 11 is 13.1. The molecule has 0 saturated heterocycles. The Bertz CT molecular complexity index is 1030. The Morgan fingerprint density at radius 2 is 1.89 bits per heavy atom. The predicted molar refractivity (Wildman–Crippen MR) is 107 cm³/mol. The Hall–Kier alpha value is -2.53. The van der Waals surface area contributed by atoms with Gasteiger partial charge in [-0.2, -0.15) is 5.26 Å². The number of carbonyl (C=O) groups excluding carboxylic acids is 1. The van der Waals surface area contributed by atoms with Crippen molar-refractivity contribution >= 4 is 46.6 Å². The highest BCUT2D eigenvalue weighted by molar-refractivity contribution is 7.99. The lowest BCUT2D eigenvalue weighted by Gasteiger charge is -2.07. The number of benzene rings is 2. The van der Waals surface area contributed by atoms with Gasteiger partial charge >= 0.3 is 0 Å². The monoisotopic (exact) mass is 417 g/mol. The number of carbonyl (C=O) groups is 1. The van der Waals surface area contributed by atoms with E-state index in [1.54, 1.807) is 34.9 Å². The lowest BCUT2D eigenvalue weighted by Crippen LogP contribution is -2.15. The summed E-state index contributed by atoms with van der Waals surface area (Å²) in [7, 11) is 1.83. The fourth-order valence-corrected chi connectivity index (χ4v) is 3.33. The lowest BCUT2D eigenvalue weighted by molar-refractivity contribution is -0.113. The van der Waals surface area contributed by atoms with Gasteiger partial charge < -0.3 is 9.88 Å². The summed E-state index contributed by atoms with van der Waals surface area (Å²) in [5, 5.41) is 21.8. The van der Waals surface area contributed by atoms with Crippen LogP contribution < -0.4 is 5.32 Å². The van der Waals surface area contributed by atoms with E-state index >= 15 is 0 Å². The first-order chi connectivity index (χ1) is 13.0. The molecule has 3 aromatic rings. The van der Waals surface area contributed by atoms with Crippen LogP contribution in [0.1, 0.15) is 5.56 Å². The quantitative estimate of drug-likeness (QED) is 0.622. The number of aromatic nitrogens is 3. The van der Waals surface area contributed by atoms with E-state index in [-0.39, 0.29) is 11.7 Å². The van der Waals surface area contributed by atoms with Crippen LogP contribution in [-0.4, -0.2) is 26.4 Å². The van der Waals surface area contributed by atoms with Crippen LogP contribution in [0.2, 0.25) is 10.0 Å². The average molecular weight is 418 g/mol. The minimum absolute atomic E-state index is 0.115. The van der Waals surface area contributed by atoms with Gasteiger partial charge in [-0.1, -0.05) is 35.0 Å². The number of nitriles is 1. The third-order valence-electron chi connectivity index (χ3n) is 3.65. The van der Waals surface area contributed by atoms with Gasteiger partial charge in [0.05, 0.1) is 17.0 Å². The normalized spacial score (nSPS) is 10.4. The molecule has 1 aromatic heterocycles. The number of rotatable bonds is 5. The van der Waals surface area contributed by atoms with Gasteiger partial charge in [-0.25, -0.2) is 0 Å². The number of hydrogen-bond donors (Lipinski definition) is 1. The van der Waals surface area contributed by atoms with Crippen LogP contribution in [0.5, 0.6) is 0 Å². The minimum atomic E-state index is -0.269. The van der Waals surface area contributed by atoms with E-state index < -0.39 is 0 Å². The zero-order chi connectivity index (χ0) is 19.4. The van der Waals surface area contributed by atoms with Gasteiger partial charge in [0.25, 0.3) is 0 Å². The van der Waals surface area contributed by atoms with Gasteiger partial charge in [0.1, 0.15) is 6.07 Å². The number of anilines is 1. The summed E-state index contributed by atoms with van der Waals surface area (Å²) in [4.78, 5) is 12.2. The van der Waals surface area contributed by atoms with Crippen molar-refractivity contribution < 1.29 is 4.79 Å². The van der Waals surface area contributed by atoms with Crippen LogP contribution in [0, 0.1) is 11.3 Å². The van der Waals surface area contributed by atoms with Crippen LogP contribution in [0.25, 0.3) is 11.4 Å². The third-order valence-corrected chi connectivity index (χ3v) is 5.15. The Morgan fingerprint density at radius 3 is 2.59 bits per heavy atom. The summed E-state index contributed by atoms with van der Waals surface area (Å²) in [5.41, 5.74) is 1.61. The van der Waals surface area contributed by atoms with Crippen molar-refractivity contribution in [2.24, 2.45) is 7.05 Å². The number of nitrogens with one attached hydrogen (secondary N) is 1. The first kappa shape index (κ1) is 19.2. The lowest BCUT2D eigenvalue weighted by atomic mass is 10.2. The molecule has 1 N–H and O–H groups in total. The minimum Gasteiger partial charge on any atom is -0.324 e. The van der Waals surface area contributed by atoms with Crippen molar-refractivity contribution in [3.63, 3.8) is 0 Å². The zero-order valence-corrected chi connectivity index (χ0v) is 16.4. The molecule has 9 heteroatoms. The molecule has 0 spiro atoms. The van der Waals surface area contributed by atoms with Crippen molar-refractivity contribution in [3.05, 3.63) is 58.1 Å². The third kappa shape index (κ3) is 4.61. The Morgan fingerprint density at radius 1 is 1.19 bits per heavy atom. The maximum Gasteiger partial charge on any atom is 0.234 e. The number of amides is 1. The fourth-order valence-electron chi connectivity index (χ4n) is 2.32. The standard InChI is InChI=1S/C18H13Cl2N5OS/c1-25-17(11-2-5-13(19)6-3-11)23-24-18(25)27-10-16(26)22-15-8-14(20)7-4-12(15)9-21/h2-8H,10H2,1H3,(H,22,26). The molecule has 1 heterocycles. The van der Waals surface area contributed by atoms with E-state index in [9.17, 15) is 4.79 Å². The largest absolute Gasteiger partial charge is 0.324 e. The van der Waals surface area contributed by atoms with E-state index in [1.807, 2.05) is 25.2 Å². The smallest absolute Gasteiger partial charge is 0.234 e. The fraction of sp³-hybridized carbons (Fsp3) is 0.111. The summed E-state index contributed by atoms with van der Waals surface area (Å²) in [5.74, 6) is 0.523. The van der Waals surface area contributed by atoms with Gasteiger partial charge in [0, 0.05) is 22.7 Å². The molecular weight excluding hydrogens is 405 g/mol. The molecule has 0 atom stereocenters. The number of thioether (sulfide) groups is 1. The highest BCUT2D eigenvalue weighted by Gasteiger charge is 2.14. The Labute approximate surface area is 170 Å². The Kier molecular flexibility index (Phi) is 6.01. The summed E-state index contributed by atoms with van der Waals surface area (Å²) < 4.78 is 1.81. The molecule has 0 aliphatic rings. The Balaban J connectivity index is 1.67. The molecule has 0 radical (unpaired) electrons. The predicted octanol–water partition coefficient (Wildman–Crippen LogP) is 4.39. The van der Waals surface area contributed by atoms with Crippen molar-refractivity contribution in [1.82, 2.24) is 14.8 Å². The van der Waals surface area contributed by atoms with E-state index in [0.29, 0.717) is 32.3 Å². The second-order valence-electron chi connectivity index (χ2n) is 5.51. The average Bonchev–Trinajstić information content (AvgIpc) is 3.01. The molecule has 0 bridgehead atoms. The molecule has 1 amide bonds. The van der Waals surface area contributed by atoms with Crippen LogP contribution in [0.4, 0.5) is 5.69 Å². The highest BCUT2D eigenvalue weighted by atomic mass is 35.5. The summed E-state index contributed by atoms with van der Waals surface area (Å²) in [6, 6.07) is 14.0. The molecule has 136 valence electrons. The molecule has 0 unspecified atom stereocenters. The molecule has 2 aromatic carbocycles. The topological polar surface area (TPSA) is 83.6 Å². The van der Waals surface area contributed by atoms with Gasteiger partial charge in [-0.3, -0.25) is 4.79 Å². The number of hydrogen-bond acceptors (Lipinski definition) is 5. The molecule has 3 rings (SSSR count). The molecular formula is C18H13Cl2N5OS. The van der Waals surface area contributed by atoms with Gasteiger partial charge in [-0.15, -0.1) is 10.2 Å². The number of halogens is 2. The van der Waals surface area contributed by atoms with Crippen molar-refractivity contribution in [1.29, 1.82) is 5.26 Å². The van der Waals surface area contributed by atoms with Crippen molar-refractivity contribution in [3.8, 4) is 17.5 Å². The van der Waals surface area contributed by atoms with E-state index in [0.717, 1.165) is 5.56 Å². The van der Waals surface area contributed by atoms with Gasteiger partial charge in [-0.05, 0) is 42.5 Å². The molecule has 0 aliphatic carbocycles. The van der Waals surface area contributed by atoms with Crippen molar-refractivity contribution in [2.75, 3.05) is 11.1 Å². The number of nitrogens with zero attached hydrogens (tertiary/aromatic N) is 4. The second-order valence-corrected chi connectivity index (χ2v) is 7.33. The maximum absolute atomic E-state index is 12.2. The molecule has 27 heavy (non-hydrogen) atoms. The zero-order valence-electron chi connectivity index (χ0n) is 14.1. The second kappa shape index (κ2) is 8.44. The van der Waals surface area contributed by atoms with Crippen LogP contribution >= 0.6 is 35.0 Å². The summed E-state index contributed by atoms with van der Waals surface area (Å²) in [6.07, 6.45) is 0. The first-order valence-electron chi connectivity index (χ1n) is 7.75. The van der Waals surface area contributed by atoms with Gasteiger partial charge in [0.15, 0.2) is 11.0 Å². The van der Waals surface area contributed by atoms with E-state index in [1.165, 1.54) is 11.8 Å². The molecule has 0 saturated carbocycles. The maximum atomic E-state index is 12.2.